The molecule has 0 saturated heterocycles. The maximum absolute atomic E-state index is 5.18. The van der Waals surface area contributed by atoms with Gasteiger partial charge in [0, 0.05) is 6.92 Å². The molecule has 0 aliphatic carbocycles. The third kappa shape index (κ3) is 4.42. The molecule has 0 N–H and O–H groups in total. The molecule has 0 bridgehead atoms. The first-order valence-corrected chi connectivity index (χ1v) is 7.07. The van der Waals surface area contributed by atoms with Crippen LogP contribution in [0.25, 0.3) is 4.91 Å². The van der Waals surface area contributed by atoms with Gasteiger partial charge >= 0.3 is 0 Å². The van der Waals surface area contributed by atoms with Crippen molar-refractivity contribution in [1.82, 2.24) is 0 Å². The molecule has 0 atom stereocenters. The molecule has 0 aliphatic heterocycles. The third-order valence-electron chi connectivity index (χ3n) is 2.45. The Kier molecular flexibility index (Phi) is 5.45. The second-order valence-corrected chi connectivity index (χ2v) is 4.96. The lowest BCUT2D eigenvalue weighted by Crippen LogP contribution is -1.83. The standard InChI is InChI=1S/C17H16OS/c1-2-18-14-13-17(15-9-5-3-6-10-15)19-16-11-7-4-8-12-16/h3-13H,2H2,1H3/b17-13+. The summed E-state index contributed by atoms with van der Waals surface area (Å²) in [5, 5.41) is 0. The van der Waals surface area contributed by atoms with Gasteiger partial charge in [-0.05, 0) is 17.0 Å². The zero-order valence-corrected chi connectivity index (χ0v) is 11.7. The molecule has 0 aliphatic rings. The van der Waals surface area contributed by atoms with Crippen molar-refractivity contribution in [1.29, 1.82) is 0 Å². The van der Waals surface area contributed by atoms with Crippen LogP contribution in [0, 0.1) is 0 Å². The van der Waals surface area contributed by atoms with E-state index in [0.717, 1.165) is 4.91 Å². The lowest BCUT2D eigenvalue weighted by molar-refractivity contribution is 0.125. The van der Waals surface area contributed by atoms with E-state index in [1.807, 2.05) is 49.4 Å². The molecule has 0 spiro atoms. The largest absolute Gasteiger partial charge is 0.353 e. The van der Waals surface area contributed by atoms with Crippen LogP contribution in [0.4, 0.5) is 0 Å². The van der Waals surface area contributed by atoms with E-state index in [4.69, 9.17) is 4.42 Å². The van der Waals surface area contributed by atoms with Crippen molar-refractivity contribution in [2.75, 3.05) is 6.61 Å². The van der Waals surface area contributed by atoms with Crippen LogP contribution in [0.3, 0.4) is 0 Å². The zero-order chi connectivity index (χ0) is 13.3. The molecule has 19 heavy (non-hydrogen) atoms. The molecule has 0 amide bonds. The molecule has 2 rings (SSSR count). The highest BCUT2D eigenvalue weighted by Gasteiger charge is 1.96. The maximum Gasteiger partial charge on any atom is 0.236 e. The Hall–Kier alpha value is -1.80. The lowest BCUT2D eigenvalue weighted by atomic mass is 10.2. The monoisotopic (exact) mass is 268 g/mol. The molecule has 1 nitrogen and oxygen atoms in total. The van der Waals surface area contributed by atoms with Gasteiger partial charge in [-0.1, -0.05) is 54.1 Å². The molecular weight excluding hydrogens is 252 g/mol. The Morgan fingerprint density at radius 1 is 1.05 bits per heavy atom. The second kappa shape index (κ2) is 7.59. The van der Waals surface area contributed by atoms with Crippen molar-refractivity contribution in [2.45, 2.75) is 11.8 Å². The van der Waals surface area contributed by atoms with E-state index >= 15 is 0 Å². The van der Waals surface area contributed by atoms with Crippen molar-refractivity contribution in [3.63, 3.8) is 0 Å². The van der Waals surface area contributed by atoms with E-state index in [1.165, 1.54) is 10.5 Å². The minimum absolute atomic E-state index is 0.634. The van der Waals surface area contributed by atoms with E-state index in [9.17, 15) is 0 Å². The predicted octanol–water partition coefficient (Wildman–Crippen LogP) is 4.49. The number of hydrogen-bond donors (Lipinski definition) is 0. The molecule has 96 valence electrons. The van der Waals surface area contributed by atoms with E-state index < -0.39 is 0 Å². The topological polar surface area (TPSA) is 11.3 Å². The van der Waals surface area contributed by atoms with Gasteiger partial charge in [-0.2, -0.15) is 11.8 Å². The number of thioether (sulfide) groups is 1. The van der Waals surface area contributed by atoms with Crippen LogP contribution in [0.2, 0.25) is 0 Å². The van der Waals surface area contributed by atoms with Gasteiger partial charge in [0.15, 0.2) is 0 Å². The average Bonchev–Trinajstić information content (AvgIpc) is 2.48. The molecule has 0 unspecified atom stereocenters. The summed E-state index contributed by atoms with van der Waals surface area (Å²) >= 11 is 1.71. The summed E-state index contributed by atoms with van der Waals surface area (Å²) in [5.74, 6) is 0. The number of carbonyl (C=O) groups excluding carboxylic acids is 1. The van der Waals surface area contributed by atoms with Gasteiger partial charge in [0.05, 0.1) is 0 Å². The third-order valence-corrected chi connectivity index (χ3v) is 3.53. The van der Waals surface area contributed by atoms with Gasteiger partial charge in [0.1, 0.15) is 0 Å². The highest BCUT2D eigenvalue weighted by molar-refractivity contribution is 8.08. The Morgan fingerprint density at radius 2 is 1.68 bits per heavy atom. The van der Waals surface area contributed by atoms with Crippen molar-refractivity contribution in [2.24, 2.45) is 0 Å². The molecule has 0 heterocycles. The summed E-state index contributed by atoms with van der Waals surface area (Å²) in [7, 11) is 0. The SMILES string of the molecule is CC[O+]=[C-]/C=C(/Sc1ccccc1)c1ccccc1. The summed E-state index contributed by atoms with van der Waals surface area (Å²) in [6, 6.07) is 20.6. The van der Waals surface area contributed by atoms with Crippen LogP contribution in [0.1, 0.15) is 12.5 Å². The minimum Gasteiger partial charge on any atom is -0.353 e. The van der Waals surface area contributed by atoms with Crippen molar-refractivity contribution < 1.29 is 4.42 Å². The highest BCUT2D eigenvalue weighted by atomic mass is 32.2. The van der Waals surface area contributed by atoms with Crippen LogP contribution in [-0.2, 0) is 4.42 Å². The molecule has 0 aromatic heterocycles. The van der Waals surface area contributed by atoms with Crippen molar-refractivity contribution >= 4 is 23.0 Å². The fraction of sp³-hybridized carbons (Fsp3) is 0.118. The van der Waals surface area contributed by atoms with Crippen molar-refractivity contribution in [3.8, 4) is 0 Å². The molecule has 0 fully saturated rings. The molecule has 2 heteroatoms. The van der Waals surface area contributed by atoms with Crippen LogP contribution in [-0.4, -0.2) is 12.9 Å². The quantitative estimate of drug-likeness (QED) is 0.337. The first-order chi connectivity index (χ1) is 9.40. The second-order valence-electron chi connectivity index (χ2n) is 3.84. The van der Waals surface area contributed by atoms with E-state index in [2.05, 4.69) is 30.6 Å². The van der Waals surface area contributed by atoms with Crippen LogP contribution in [0.15, 0.2) is 71.6 Å². The average molecular weight is 268 g/mol. The summed E-state index contributed by atoms with van der Waals surface area (Å²) in [4.78, 5) is 2.33. The van der Waals surface area contributed by atoms with Gasteiger partial charge in [0.25, 0.3) is 0 Å². The van der Waals surface area contributed by atoms with Crippen molar-refractivity contribution in [3.05, 3.63) is 72.3 Å². The summed E-state index contributed by atoms with van der Waals surface area (Å²) in [6.45, 7) is 2.59. The Balaban J connectivity index is 2.25. The van der Waals surface area contributed by atoms with E-state index in [1.54, 1.807) is 11.8 Å². The fourth-order valence-corrected chi connectivity index (χ4v) is 2.48. The van der Waals surface area contributed by atoms with E-state index in [0.29, 0.717) is 6.61 Å². The molecular formula is C17H16OS. The van der Waals surface area contributed by atoms with Gasteiger partial charge in [0.2, 0.25) is 12.9 Å². The van der Waals surface area contributed by atoms with Crippen LogP contribution in [0.5, 0.6) is 0 Å². The number of allylic oxidation sites excluding steroid dienone is 1. The fourth-order valence-electron chi connectivity index (χ4n) is 1.57. The predicted molar refractivity (Wildman–Crippen MR) is 83.0 cm³/mol. The normalized spacial score (nSPS) is 11.9. The molecule has 2 aromatic carbocycles. The molecule has 0 radical (unpaired) electrons. The Bertz CT molecular complexity index is 544. The first kappa shape index (κ1) is 13.6. The lowest BCUT2D eigenvalue weighted by Gasteiger charge is -2.13. The highest BCUT2D eigenvalue weighted by Crippen LogP contribution is 2.33. The maximum atomic E-state index is 5.18. The summed E-state index contributed by atoms with van der Waals surface area (Å²) < 4.78 is 5.18. The van der Waals surface area contributed by atoms with Gasteiger partial charge in [-0.3, -0.25) is 0 Å². The first-order valence-electron chi connectivity index (χ1n) is 6.26. The van der Waals surface area contributed by atoms with Gasteiger partial charge in [-0.15, -0.1) is 11.0 Å². The zero-order valence-electron chi connectivity index (χ0n) is 10.9. The number of benzene rings is 2. The Morgan fingerprint density at radius 3 is 2.32 bits per heavy atom. The van der Waals surface area contributed by atoms with E-state index in [-0.39, 0.29) is 0 Å². The summed E-state index contributed by atoms with van der Waals surface area (Å²) in [6.07, 6.45) is 4.77. The van der Waals surface area contributed by atoms with Gasteiger partial charge < -0.3 is 4.42 Å². The molecule has 2 aromatic rings. The number of rotatable bonds is 5. The van der Waals surface area contributed by atoms with Gasteiger partial charge in [-0.25, -0.2) is 0 Å². The summed E-state index contributed by atoms with van der Waals surface area (Å²) in [5.41, 5.74) is 1.17. The Labute approximate surface area is 118 Å². The number of hydrogen-bond acceptors (Lipinski definition) is 1. The van der Waals surface area contributed by atoms with Crippen LogP contribution < -0.4 is 0 Å². The van der Waals surface area contributed by atoms with Crippen LogP contribution >= 0.6 is 11.8 Å². The smallest absolute Gasteiger partial charge is 0.236 e. The minimum atomic E-state index is 0.634. The molecule has 0 saturated carbocycles.